The molecule has 1 rings (SSSR count). The summed E-state index contributed by atoms with van der Waals surface area (Å²) in [6.07, 6.45) is 10.4. The van der Waals surface area contributed by atoms with Crippen molar-refractivity contribution in [2.45, 2.75) is 64.7 Å². The highest BCUT2D eigenvalue weighted by atomic mass is 14.1. The fourth-order valence-corrected chi connectivity index (χ4v) is 2.19. The Morgan fingerprint density at radius 3 is 2.33 bits per heavy atom. The molecule has 0 spiro atoms. The van der Waals surface area contributed by atoms with Gasteiger partial charge < -0.3 is 0 Å². The van der Waals surface area contributed by atoms with E-state index in [0.29, 0.717) is 5.92 Å². The molecule has 0 saturated heterocycles. The first-order valence-electron chi connectivity index (χ1n) is 7.40. The summed E-state index contributed by atoms with van der Waals surface area (Å²) in [7, 11) is 0. The van der Waals surface area contributed by atoms with E-state index in [1.54, 1.807) is 6.08 Å². The van der Waals surface area contributed by atoms with Crippen LogP contribution in [0.2, 0.25) is 0 Å². The Kier molecular flexibility index (Phi) is 7.48. The maximum absolute atomic E-state index is 5.36. The van der Waals surface area contributed by atoms with Gasteiger partial charge in [0.05, 0.1) is 0 Å². The highest BCUT2D eigenvalue weighted by Gasteiger charge is 2.02. The molecule has 0 aliphatic carbocycles. The molecule has 1 unspecified atom stereocenters. The van der Waals surface area contributed by atoms with Gasteiger partial charge in [0, 0.05) is 0 Å². The lowest BCUT2D eigenvalue weighted by atomic mass is 9.96. The van der Waals surface area contributed by atoms with Crippen molar-refractivity contribution in [2.75, 3.05) is 0 Å². The summed E-state index contributed by atoms with van der Waals surface area (Å²) in [5.74, 6) is 0.687. The van der Waals surface area contributed by atoms with Crippen LogP contribution in [0.1, 0.15) is 69.4 Å². The van der Waals surface area contributed by atoms with Crippen LogP contribution in [0, 0.1) is 6.58 Å². The third kappa shape index (κ3) is 5.53. The van der Waals surface area contributed by atoms with Crippen molar-refractivity contribution in [2.24, 2.45) is 0 Å². The van der Waals surface area contributed by atoms with E-state index in [0.717, 1.165) is 6.42 Å². The summed E-state index contributed by atoms with van der Waals surface area (Å²) >= 11 is 0. The highest BCUT2D eigenvalue weighted by Crippen LogP contribution is 2.19. The number of hydrogen-bond donors (Lipinski definition) is 0. The summed E-state index contributed by atoms with van der Waals surface area (Å²) in [5.41, 5.74) is 2.95. The monoisotopic (exact) mass is 243 g/mol. The van der Waals surface area contributed by atoms with Gasteiger partial charge in [-0.05, 0) is 49.1 Å². The smallest absolute Gasteiger partial charge is 0.0193 e. The summed E-state index contributed by atoms with van der Waals surface area (Å²) in [6.45, 7) is 9.90. The van der Waals surface area contributed by atoms with E-state index in [1.807, 2.05) is 0 Å². The molecule has 0 heterocycles. The summed E-state index contributed by atoms with van der Waals surface area (Å²) in [5, 5.41) is 0. The van der Waals surface area contributed by atoms with E-state index >= 15 is 0 Å². The summed E-state index contributed by atoms with van der Waals surface area (Å²) in [6, 6.07) is 9.20. The van der Waals surface area contributed by atoms with Crippen molar-refractivity contribution in [1.82, 2.24) is 0 Å². The first-order chi connectivity index (χ1) is 8.77. The maximum atomic E-state index is 5.36. The topological polar surface area (TPSA) is 0 Å². The maximum Gasteiger partial charge on any atom is -0.0193 e. The molecule has 0 aromatic heterocycles. The van der Waals surface area contributed by atoms with Crippen molar-refractivity contribution in [1.29, 1.82) is 0 Å². The van der Waals surface area contributed by atoms with Gasteiger partial charge in [-0.2, -0.15) is 0 Å². The lowest BCUT2D eigenvalue weighted by molar-refractivity contribution is 0.646. The predicted octanol–water partition coefficient (Wildman–Crippen LogP) is 5.68. The number of allylic oxidation sites excluding steroid dienone is 1. The van der Waals surface area contributed by atoms with E-state index in [4.69, 9.17) is 6.58 Å². The van der Waals surface area contributed by atoms with Crippen LogP contribution in [-0.2, 0) is 6.42 Å². The SMILES string of the molecule is [CH]=CCCCCCCc1ccc(C(C)CC)cc1. The zero-order chi connectivity index (χ0) is 13.2. The third-order valence-electron chi connectivity index (χ3n) is 3.75. The minimum absolute atomic E-state index is 0.687. The number of unbranched alkanes of at least 4 members (excludes halogenated alkanes) is 4. The van der Waals surface area contributed by atoms with Crippen LogP contribution in [0.3, 0.4) is 0 Å². The third-order valence-corrected chi connectivity index (χ3v) is 3.75. The Morgan fingerprint density at radius 1 is 1.06 bits per heavy atom. The Balaban J connectivity index is 2.24. The molecule has 0 bridgehead atoms. The fourth-order valence-electron chi connectivity index (χ4n) is 2.19. The molecule has 99 valence electrons. The molecule has 1 aromatic rings. The predicted molar refractivity (Wildman–Crippen MR) is 80.8 cm³/mol. The number of aryl methyl sites for hydroxylation is 1. The van der Waals surface area contributed by atoms with Gasteiger partial charge in [0.15, 0.2) is 0 Å². The fraction of sp³-hybridized carbons (Fsp3) is 0.556. The number of rotatable bonds is 9. The first-order valence-corrected chi connectivity index (χ1v) is 7.40. The van der Waals surface area contributed by atoms with Crippen molar-refractivity contribution in [3.05, 3.63) is 48.0 Å². The van der Waals surface area contributed by atoms with Gasteiger partial charge in [-0.3, -0.25) is 0 Å². The average molecular weight is 243 g/mol. The first kappa shape index (κ1) is 15.0. The molecule has 0 nitrogen and oxygen atoms in total. The highest BCUT2D eigenvalue weighted by molar-refractivity contribution is 5.25. The van der Waals surface area contributed by atoms with Crippen LogP contribution in [0.25, 0.3) is 0 Å². The zero-order valence-corrected chi connectivity index (χ0v) is 12.0. The second-order valence-electron chi connectivity index (χ2n) is 5.24. The standard InChI is InChI=1S/C18H27/c1-4-6-7-8-9-10-11-17-12-14-18(15-13-17)16(3)5-2/h1,4,12-16H,5-11H2,2-3H3. The molecule has 0 amide bonds. The van der Waals surface area contributed by atoms with Gasteiger partial charge in [-0.1, -0.05) is 63.6 Å². The molecule has 1 atom stereocenters. The van der Waals surface area contributed by atoms with Crippen molar-refractivity contribution in [3.63, 3.8) is 0 Å². The molecule has 0 aliphatic heterocycles. The molecular formula is C18H27. The second-order valence-corrected chi connectivity index (χ2v) is 5.24. The molecule has 0 fully saturated rings. The second kappa shape index (κ2) is 8.97. The molecule has 1 radical (unpaired) electrons. The molecule has 18 heavy (non-hydrogen) atoms. The lowest BCUT2D eigenvalue weighted by Crippen LogP contribution is -1.92. The van der Waals surface area contributed by atoms with Crippen LogP contribution >= 0.6 is 0 Å². The van der Waals surface area contributed by atoms with Gasteiger partial charge in [0.25, 0.3) is 0 Å². The normalized spacial score (nSPS) is 12.3. The van der Waals surface area contributed by atoms with Crippen LogP contribution in [-0.4, -0.2) is 0 Å². The van der Waals surface area contributed by atoms with E-state index in [1.165, 1.54) is 49.7 Å². The van der Waals surface area contributed by atoms with Gasteiger partial charge >= 0.3 is 0 Å². The minimum atomic E-state index is 0.687. The van der Waals surface area contributed by atoms with E-state index < -0.39 is 0 Å². The molecule has 0 saturated carbocycles. The van der Waals surface area contributed by atoms with Crippen molar-refractivity contribution >= 4 is 0 Å². The van der Waals surface area contributed by atoms with Gasteiger partial charge in [0.2, 0.25) is 0 Å². The quantitative estimate of drug-likeness (QED) is 0.489. The number of hydrogen-bond acceptors (Lipinski definition) is 0. The Hall–Kier alpha value is -1.04. The van der Waals surface area contributed by atoms with Crippen molar-refractivity contribution < 1.29 is 0 Å². The van der Waals surface area contributed by atoms with E-state index in [2.05, 4.69) is 38.1 Å². The number of benzene rings is 1. The molecular weight excluding hydrogens is 216 g/mol. The Bertz CT molecular complexity index is 320. The molecule has 0 heteroatoms. The largest absolute Gasteiger partial charge is 0.0845 e. The van der Waals surface area contributed by atoms with Crippen LogP contribution < -0.4 is 0 Å². The molecule has 0 aliphatic rings. The van der Waals surface area contributed by atoms with Gasteiger partial charge in [0.1, 0.15) is 0 Å². The van der Waals surface area contributed by atoms with Crippen molar-refractivity contribution in [3.8, 4) is 0 Å². The average Bonchev–Trinajstić information content (AvgIpc) is 2.42. The summed E-state index contributed by atoms with van der Waals surface area (Å²) in [4.78, 5) is 0. The van der Waals surface area contributed by atoms with Crippen LogP contribution in [0.4, 0.5) is 0 Å². The minimum Gasteiger partial charge on any atom is -0.0845 e. The zero-order valence-electron chi connectivity index (χ0n) is 12.0. The van der Waals surface area contributed by atoms with Crippen LogP contribution in [0.5, 0.6) is 0 Å². The van der Waals surface area contributed by atoms with Gasteiger partial charge in [-0.15, -0.1) is 0 Å². The van der Waals surface area contributed by atoms with Gasteiger partial charge in [-0.25, -0.2) is 0 Å². The Morgan fingerprint density at radius 2 is 1.72 bits per heavy atom. The van der Waals surface area contributed by atoms with E-state index in [9.17, 15) is 0 Å². The van der Waals surface area contributed by atoms with Crippen LogP contribution in [0.15, 0.2) is 30.3 Å². The summed E-state index contributed by atoms with van der Waals surface area (Å²) < 4.78 is 0. The van der Waals surface area contributed by atoms with E-state index in [-0.39, 0.29) is 0 Å². The molecule has 0 N–H and O–H groups in total. The lowest BCUT2D eigenvalue weighted by Gasteiger charge is -2.09. The molecule has 1 aromatic carbocycles. The Labute approximate surface area is 113 Å².